The molecule has 0 heterocycles. The van der Waals surface area contributed by atoms with Crippen LogP contribution in [-0.2, 0) is 16.6 Å². The van der Waals surface area contributed by atoms with Gasteiger partial charge in [-0.3, -0.25) is 4.79 Å². The van der Waals surface area contributed by atoms with Gasteiger partial charge in [0.1, 0.15) is 0 Å². The summed E-state index contributed by atoms with van der Waals surface area (Å²) in [5.41, 5.74) is 2.14. The summed E-state index contributed by atoms with van der Waals surface area (Å²) in [6.07, 6.45) is 5.06. The van der Waals surface area contributed by atoms with Crippen molar-refractivity contribution in [1.29, 1.82) is 0 Å². The molecule has 2 aliphatic carbocycles. The monoisotopic (exact) mass is 286 g/mol. The molecule has 0 amide bonds. The van der Waals surface area contributed by atoms with Crippen molar-refractivity contribution < 1.29 is 9.90 Å². The molecule has 2 bridgehead atoms. The molecule has 0 saturated heterocycles. The number of aliphatic carboxylic acids is 1. The van der Waals surface area contributed by atoms with Gasteiger partial charge in [0.15, 0.2) is 0 Å². The highest BCUT2D eigenvalue weighted by Gasteiger charge is 2.55. The largest absolute Gasteiger partial charge is 0.481 e. The average Bonchev–Trinajstić information content (AvgIpc) is 2.99. The van der Waals surface area contributed by atoms with Crippen LogP contribution in [0.4, 0.5) is 0 Å². The Morgan fingerprint density at radius 2 is 1.90 bits per heavy atom. The van der Waals surface area contributed by atoms with Gasteiger partial charge >= 0.3 is 5.97 Å². The Morgan fingerprint density at radius 3 is 2.33 bits per heavy atom. The van der Waals surface area contributed by atoms with Gasteiger partial charge in [0.05, 0.1) is 5.41 Å². The third-order valence-electron chi connectivity index (χ3n) is 5.74. The second-order valence-corrected chi connectivity index (χ2v) is 8.17. The third-order valence-corrected chi connectivity index (χ3v) is 5.74. The van der Waals surface area contributed by atoms with Crippen LogP contribution in [0.1, 0.15) is 57.6 Å². The molecule has 0 radical (unpaired) electrons. The molecule has 1 aromatic rings. The van der Waals surface area contributed by atoms with Crippen molar-refractivity contribution in [3.05, 3.63) is 35.4 Å². The Hall–Kier alpha value is -1.31. The summed E-state index contributed by atoms with van der Waals surface area (Å²) < 4.78 is 0. The standard InChI is InChI=1S/C19H26O2/c1-18(2,3)15-7-4-13(5-8-15)11-19(17(20)21)12-14-6-9-16(19)10-14/h4-5,7-8,14,16H,6,9-12H2,1-3H3,(H,20,21). The molecule has 3 unspecified atom stereocenters. The van der Waals surface area contributed by atoms with Gasteiger partial charge in [0, 0.05) is 0 Å². The number of carbonyl (C=O) groups is 1. The highest BCUT2D eigenvalue weighted by molar-refractivity contribution is 5.76. The quantitative estimate of drug-likeness (QED) is 0.893. The van der Waals surface area contributed by atoms with E-state index in [4.69, 9.17) is 0 Å². The molecular weight excluding hydrogens is 260 g/mol. The van der Waals surface area contributed by atoms with Gasteiger partial charge < -0.3 is 5.11 Å². The summed E-state index contributed by atoms with van der Waals surface area (Å²) in [6, 6.07) is 8.60. The number of hydrogen-bond donors (Lipinski definition) is 1. The van der Waals surface area contributed by atoms with Crippen LogP contribution < -0.4 is 0 Å². The second kappa shape index (κ2) is 4.86. The zero-order valence-electron chi connectivity index (χ0n) is 13.4. The predicted molar refractivity (Wildman–Crippen MR) is 84.4 cm³/mol. The lowest BCUT2D eigenvalue weighted by atomic mass is 9.69. The Kier molecular flexibility index (Phi) is 3.38. The number of carboxylic acids is 1. The molecule has 1 N–H and O–H groups in total. The van der Waals surface area contributed by atoms with Crippen molar-refractivity contribution in [2.24, 2.45) is 17.3 Å². The van der Waals surface area contributed by atoms with Crippen molar-refractivity contribution >= 4 is 5.97 Å². The summed E-state index contributed by atoms with van der Waals surface area (Å²) in [5, 5.41) is 9.83. The lowest BCUT2D eigenvalue weighted by Crippen LogP contribution is -2.38. The maximum atomic E-state index is 11.9. The SMILES string of the molecule is CC(C)(C)c1ccc(CC2(C(=O)O)CC3CCC2C3)cc1. The molecule has 21 heavy (non-hydrogen) atoms. The van der Waals surface area contributed by atoms with Gasteiger partial charge in [-0.15, -0.1) is 0 Å². The van der Waals surface area contributed by atoms with Gasteiger partial charge in [-0.25, -0.2) is 0 Å². The maximum Gasteiger partial charge on any atom is 0.310 e. The Bertz CT molecular complexity index is 538. The maximum absolute atomic E-state index is 11.9. The molecule has 1 aromatic carbocycles. The molecule has 0 aromatic heterocycles. The van der Waals surface area contributed by atoms with Crippen LogP contribution in [0.5, 0.6) is 0 Å². The van der Waals surface area contributed by atoms with Crippen LogP contribution in [0.3, 0.4) is 0 Å². The van der Waals surface area contributed by atoms with Crippen molar-refractivity contribution in [3.63, 3.8) is 0 Å². The number of benzene rings is 1. The number of fused-ring (bicyclic) bond motifs is 2. The van der Waals surface area contributed by atoms with Crippen LogP contribution in [0.2, 0.25) is 0 Å². The molecule has 3 rings (SSSR count). The van der Waals surface area contributed by atoms with Gasteiger partial charge in [-0.1, -0.05) is 51.5 Å². The lowest BCUT2D eigenvalue weighted by molar-refractivity contribution is -0.152. The molecule has 0 aliphatic heterocycles. The van der Waals surface area contributed by atoms with Gasteiger partial charge in [-0.2, -0.15) is 0 Å². The highest BCUT2D eigenvalue weighted by Crippen LogP contribution is 2.57. The summed E-state index contributed by atoms with van der Waals surface area (Å²) >= 11 is 0. The molecule has 2 nitrogen and oxygen atoms in total. The zero-order chi connectivity index (χ0) is 15.3. The minimum Gasteiger partial charge on any atom is -0.481 e. The zero-order valence-corrected chi connectivity index (χ0v) is 13.4. The first-order valence-electron chi connectivity index (χ1n) is 8.14. The normalized spacial score (nSPS) is 31.6. The van der Waals surface area contributed by atoms with Gasteiger partial charge in [0.25, 0.3) is 0 Å². The van der Waals surface area contributed by atoms with E-state index in [1.165, 1.54) is 17.5 Å². The van der Waals surface area contributed by atoms with Crippen molar-refractivity contribution in [2.45, 2.75) is 58.3 Å². The smallest absolute Gasteiger partial charge is 0.310 e. The van der Waals surface area contributed by atoms with Crippen LogP contribution >= 0.6 is 0 Å². The molecule has 2 saturated carbocycles. The van der Waals surface area contributed by atoms with E-state index >= 15 is 0 Å². The fraction of sp³-hybridized carbons (Fsp3) is 0.632. The number of rotatable bonds is 3. The van der Waals surface area contributed by atoms with Crippen LogP contribution in [0, 0.1) is 17.3 Å². The van der Waals surface area contributed by atoms with E-state index in [9.17, 15) is 9.90 Å². The molecule has 0 spiro atoms. The molecule has 3 atom stereocenters. The van der Waals surface area contributed by atoms with Crippen molar-refractivity contribution in [1.82, 2.24) is 0 Å². The Balaban J connectivity index is 1.83. The summed E-state index contributed by atoms with van der Waals surface area (Å²) in [6.45, 7) is 6.62. The molecule has 114 valence electrons. The first-order chi connectivity index (χ1) is 9.81. The Labute approximate surface area is 127 Å². The summed E-state index contributed by atoms with van der Waals surface area (Å²) in [5.74, 6) is 0.469. The first kappa shape index (κ1) is 14.6. The van der Waals surface area contributed by atoms with Gasteiger partial charge in [0.2, 0.25) is 0 Å². The molecule has 2 aliphatic rings. The van der Waals surface area contributed by atoms with Crippen LogP contribution in [0.25, 0.3) is 0 Å². The fourth-order valence-electron chi connectivity index (χ4n) is 4.48. The van der Waals surface area contributed by atoms with E-state index in [0.717, 1.165) is 19.3 Å². The first-order valence-corrected chi connectivity index (χ1v) is 8.14. The van der Waals surface area contributed by atoms with Gasteiger partial charge in [-0.05, 0) is 54.1 Å². The van der Waals surface area contributed by atoms with Crippen molar-refractivity contribution in [3.8, 4) is 0 Å². The number of hydrogen-bond acceptors (Lipinski definition) is 1. The highest BCUT2D eigenvalue weighted by atomic mass is 16.4. The van der Waals surface area contributed by atoms with Crippen LogP contribution in [0.15, 0.2) is 24.3 Å². The second-order valence-electron chi connectivity index (χ2n) is 8.17. The fourth-order valence-corrected chi connectivity index (χ4v) is 4.48. The van der Waals surface area contributed by atoms with E-state index in [-0.39, 0.29) is 5.41 Å². The number of carboxylic acid groups (broad SMARTS) is 1. The third kappa shape index (κ3) is 2.49. The summed E-state index contributed by atoms with van der Waals surface area (Å²) in [4.78, 5) is 11.9. The molecule has 2 heteroatoms. The van der Waals surface area contributed by atoms with E-state index in [1.807, 2.05) is 0 Å². The predicted octanol–water partition coefficient (Wildman–Crippen LogP) is 4.42. The minimum atomic E-state index is -0.574. The molecule has 2 fully saturated rings. The lowest BCUT2D eigenvalue weighted by Gasteiger charge is -2.34. The Morgan fingerprint density at radius 1 is 1.24 bits per heavy atom. The van der Waals surface area contributed by atoms with E-state index in [0.29, 0.717) is 18.3 Å². The summed E-state index contributed by atoms with van der Waals surface area (Å²) in [7, 11) is 0. The van der Waals surface area contributed by atoms with E-state index in [2.05, 4.69) is 45.0 Å². The van der Waals surface area contributed by atoms with E-state index in [1.54, 1.807) is 0 Å². The minimum absolute atomic E-state index is 0.148. The van der Waals surface area contributed by atoms with Crippen LogP contribution in [-0.4, -0.2) is 11.1 Å². The topological polar surface area (TPSA) is 37.3 Å². The average molecular weight is 286 g/mol. The molecular formula is C19H26O2. The van der Waals surface area contributed by atoms with Crippen molar-refractivity contribution in [2.75, 3.05) is 0 Å². The van der Waals surface area contributed by atoms with E-state index < -0.39 is 11.4 Å².